The SMILES string of the molecule is CN=C(NCCC(=O)NC1CCS(=O)(=O)C1)NCC1(c2cccc(Cl)c2)CC1.I. The minimum Gasteiger partial charge on any atom is -0.356 e. The van der Waals surface area contributed by atoms with Gasteiger partial charge in [-0.1, -0.05) is 23.7 Å². The number of nitrogens with zero attached hydrogens (tertiary/aromatic N) is 1. The quantitative estimate of drug-likeness (QED) is 0.271. The first-order chi connectivity index (χ1) is 13.3. The van der Waals surface area contributed by atoms with Crippen molar-refractivity contribution in [2.24, 2.45) is 4.99 Å². The van der Waals surface area contributed by atoms with Crippen molar-refractivity contribution < 1.29 is 13.2 Å². The first kappa shape index (κ1) is 24.2. The molecule has 1 unspecified atom stereocenters. The zero-order valence-electron chi connectivity index (χ0n) is 16.4. The predicted octanol–water partition coefficient (Wildman–Crippen LogP) is 1.85. The Kier molecular flexibility index (Phi) is 8.59. The molecule has 3 rings (SSSR count). The second-order valence-electron chi connectivity index (χ2n) is 7.56. The molecule has 1 saturated carbocycles. The molecule has 1 amide bonds. The molecule has 1 heterocycles. The van der Waals surface area contributed by atoms with Crippen LogP contribution in [0, 0.1) is 0 Å². The molecule has 1 aliphatic heterocycles. The van der Waals surface area contributed by atoms with E-state index in [0.29, 0.717) is 18.9 Å². The number of benzene rings is 1. The molecule has 162 valence electrons. The Morgan fingerprint density at radius 1 is 1.31 bits per heavy atom. The van der Waals surface area contributed by atoms with E-state index in [1.165, 1.54) is 5.56 Å². The summed E-state index contributed by atoms with van der Waals surface area (Å²) in [4.78, 5) is 16.2. The van der Waals surface area contributed by atoms with Gasteiger partial charge in [0.05, 0.1) is 11.5 Å². The van der Waals surface area contributed by atoms with E-state index in [-0.39, 0.29) is 59.3 Å². The van der Waals surface area contributed by atoms with Gasteiger partial charge in [0.25, 0.3) is 0 Å². The molecule has 1 aromatic carbocycles. The number of sulfone groups is 1. The summed E-state index contributed by atoms with van der Waals surface area (Å²) in [5, 5.41) is 10.0. The van der Waals surface area contributed by atoms with Crippen molar-refractivity contribution in [3.05, 3.63) is 34.9 Å². The molecule has 1 aromatic rings. The molecule has 0 bridgehead atoms. The van der Waals surface area contributed by atoms with Crippen LogP contribution in [0.5, 0.6) is 0 Å². The van der Waals surface area contributed by atoms with Crippen molar-refractivity contribution in [1.29, 1.82) is 0 Å². The van der Waals surface area contributed by atoms with Gasteiger partial charge in [-0.05, 0) is 37.0 Å². The van der Waals surface area contributed by atoms with Gasteiger partial charge >= 0.3 is 0 Å². The minimum absolute atomic E-state index is 0. The van der Waals surface area contributed by atoms with Gasteiger partial charge < -0.3 is 16.0 Å². The molecule has 29 heavy (non-hydrogen) atoms. The van der Waals surface area contributed by atoms with Gasteiger partial charge in [-0.3, -0.25) is 9.79 Å². The highest BCUT2D eigenvalue weighted by Gasteiger charge is 2.44. The van der Waals surface area contributed by atoms with Crippen LogP contribution in [0.25, 0.3) is 0 Å². The molecule has 7 nitrogen and oxygen atoms in total. The van der Waals surface area contributed by atoms with Gasteiger partial charge in [0.15, 0.2) is 15.8 Å². The smallest absolute Gasteiger partial charge is 0.222 e. The van der Waals surface area contributed by atoms with Crippen LogP contribution in [0.4, 0.5) is 0 Å². The number of amides is 1. The third kappa shape index (κ3) is 6.99. The largest absolute Gasteiger partial charge is 0.356 e. The van der Waals surface area contributed by atoms with Gasteiger partial charge in [0, 0.05) is 43.0 Å². The fourth-order valence-corrected chi connectivity index (χ4v) is 5.38. The van der Waals surface area contributed by atoms with Crippen molar-refractivity contribution >= 4 is 57.3 Å². The number of hydrogen-bond donors (Lipinski definition) is 3. The van der Waals surface area contributed by atoms with Gasteiger partial charge in [0.2, 0.25) is 5.91 Å². The highest BCUT2D eigenvalue weighted by atomic mass is 127. The Bertz CT molecular complexity index is 859. The Morgan fingerprint density at radius 2 is 2.07 bits per heavy atom. The standard InChI is InChI=1S/C19H27ClN4O3S.HI/c1-21-18(22-9-5-17(25)24-16-6-10-28(26,27)12-16)23-13-19(7-8-19)14-3-2-4-15(20)11-14;/h2-4,11,16H,5-10,12-13H2,1H3,(H,24,25)(H2,21,22,23);1H. The van der Waals surface area contributed by atoms with Gasteiger partial charge in [0.1, 0.15) is 0 Å². The van der Waals surface area contributed by atoms with Crippen LogP contribution >= 0.6 is 35.6 Å². The Morgan fingerprint density at radius 3 is 2.66 bits per heavy atom. The summed E-state index contributed by atoms with van der Waals surface area (Å²) < 4.78 is 22.9. The zero-order chi connectivity index (χ0) is 20.2. The number of halogens is 2. The third-order valence-corrected chi connectivity index (χ3v) is 7.35. The Balaban J connectivity index is 0.00000300. The van der Waals surface area contributed by atoms with E-state index >= 15 is 0 Å². The average molecular weight is 555 g/mol. The molecule has 1 atom stereocenters. The summed E-state index contributed by atoms with van der Waals surface area (Å²) in [5.74, 6) is 0.689. The molecular formula is C19H28ClIN4O3S. The van der Waals surface area contributed by atoms with E-state index in [1.54, 1.807) is 7.05 Å². The zero-order valence-corrected chi connectivity index (χ0v) is 20.3. The summed E-state index contributed by atoms with van der Waals surface area (Å²) >= 11 is 6.12. The van der Waals surface area contributed by atoms with Crippen LogP contribution in [0.2, 0.25) is 5.02 Å². The van der Waals surface area contributed by atoms with Crippen LogP contribution < -0.4 is 16.0 Å². The molecule has 1 saturated heterocycles. The fraction of sp³-hybridized carbons (Fsp3) is 0.579. The number of carbonyl (C=O) groups excluding carboxylic acids is 1. The van der Waals surface area contributed by atoms with Crippen molar-refractivity contribution in [2.75, 3.05) is 31.6 Å². The Labute approximate surface area is 194 Å². The molecule has 1 aliphatic carbocycles. The van der Waals surface area contributed by atoms with Crippen molar-refractivity contribution in [1.82, 2.24) is 16.0 Å². The first-order valence-corrected chi connectivity index (χ1v) is 11.7. The number of nitrogens with one attached hydrogen (secondary N) is 3. The van der Waals surface area contributed by atoms with Gasteiger partial charge in [-0.25, -0.2) is 8.42 Å². The molecule has 0 aromatic heterocycles. The maximum Gasteiger partial charge on any atom is 0.222 e. The molecule has 2 fully saturated rings. The maximum atomic E-state index is 12.0. The second-order valence-corrected chi connectivity index (χ2v) is 10.2. The van der Waals surface area contributed by atoms with Crippen molar-refractivity contribution in [2.45, 2.75) is 37.1 Å². The molecule has 0 radical (unpaired) electrons. The number of hydrogen-bond acceptors (Lipinski definition) is 4. The van der Waals surface area contributed by atoms with Crippen LogP contribution in [-0.2, 0) is 20.0 Å². The Hall–Kier alpha value is -1.07. The van der Waals surface area contributed by atoms with E-state index < -0.39 is 9.84 Å². The fourth-order valence-electron chi connectivity index (χ4n) is 3.51. The molecule has 2 aliphatic rings. The second kappa shape index (κ2) is 10.3. The van der Waals surface area contributed by atoms with Crippen molar-refractivity contribution in [3.63, 3.8) is 0 Å². The lowest BCUT2D eigenvalue weighted by Gasteiger charge is -2.19. The minimum atomic E-state index is -2.99. The van der Waals surface area contributed by atoms with E-state index in [9.17, 15) is 13.2 Å². The lowest BCUT2D eigenvalue weighted by atomic mass is 9.96. The van der Waals surface area contributed by atoms with Crippen LogP contribution in [-0.4, -0.2) is 58.0 Å². The van der Waals surface area contributed by atoms with Gasteiger partial charge in [-0.15, -0.1) is 24.0 Å². The monoisotopic (exact) mass is 554 g/mol. The summed E-state index contributed by atoms with van der Waals surface area (Å²) in [6, 6.07) is 7.70. The highest BCUT2D eigenvalue weighted by Crippen LogP contribution is 2.48. The highest BCUT2D eigenvalue weighted by molar-refractivity contribution is 14.0. The lowest BCUT2D eigenvalue weighted by molar-refractivity contribution is -0.121. The van der Waals surface area contributed by atoms with E-state index in [2.05, 4.69) is 27.0 Å². The van der Waals surface area contributed by atoms with Crippen LogP contribution in [0.1, 0.15) is 31.2 Å². The topological polar surface area (TPSA) is 99.7 Å². The number of guanidine groups is 1. The summed E-state index contributed by atoms with van der Waals surface area (Å²) in [6.45, 7) is 1.17. The first-order valence-electron chi connectivity index (χ1n) is 9.52. The summed E-state index contributed by atoms with van der Waals surface area (Å²) in [7, 11) is -1.30. The maximum absolute atomic E-state index is 12.0. The lowest BCUT2D eigenvalue weighted by Crippen LogP contribution is -2.43. The van der Waals surface area contributed by atoms with E-state index in [4.69, 9.17) is 11.6 Å². The normalized spacial score (nSPS) is 21.7. The number of carbonyl (C=O) groups is 1. The summed E-state index contributed by atoms with van der Waals surface area (Å²) in [6.07, 6.45) is 2.96. The van der Waals surface area contributed by atoms with E-state index in [1.807, 2.05) is 18.2 Å². The molecule has 10 heteroatoms. The summed E-state index contributed by atoms with van der Waals surface area (Å²) in [5.41, 5.74) is 1.32. The average Bonchev–Trinajstić information content (AvgIpc) is 3.36. The van der Waals surface area contributed by atoms with E-state index in [0.717, 1.165) is 24.4 Å². The van der Waals surface area contributed by atoms with Crippen molar-refractivity contribution in [3.8, 4) is 0 Å². The van der Waals surface area contributed by atoms with Crippen LogP contribution in [0.15, 0.2) is 29.3 Å². The molecule has 0 spiro atoms. The van der Waals surface area contributed by atoms with Crippen LogP contribution in [0.3, 0.4) is 0 Å². The molecular weight excluding hydrogens is 527 g/mol. The predicted molar refractivity (Wildman–Crippen MR) is 127 cm³/mol. The van der Waals surface area contributed by atoms with Gasteiger partial charge in [-0.2, -0.15) is 0 Å². The molecule has 3 N–H and O–H groups in total. The third-order valence-electron chi connectivity index (χ3n) is 5.35. The number of rotatable bonds is 7. The number of aliphatic imine (C=N–C) groups is 1.